The summed E-state index contributed by atoms with van der Waals surface area (Å²) in [7, 11) is 0. The molecule has 128 valence electrons. The first-order valence-electron chi connectivity index (χ1n) is 7.61. The maximum absolute atomic E-state index is 11.6. The van der Waals surface area contributed by atoms with Crippen molar-refractivity contribution >= 4 is 29.2 Å². The van der Waals surface area contributed by atoms with Crippen LogP contribution < -0.4 is 4.74 Å². The van der Waals surface area contributed by atoms with Crippen LogP contribution in [0.15, 0.2) is 42.5 Å². The van der Waals surface area contributed by atoms with Gasteiger partial charge in [0.2, 0.25) is 0 Å². The SMILES string of the molecule is CC(C)(C)c1ccccc1O[C@H](Cc1ccc(Cl)c(Cl)c1)C(=O)O. The lowest BCUT2D eigenvalue weighted by atomic mass is 9.86. The molecular formula is C19H20Cl2O3. The molecule has 0 fully saturated rings. The summed E-state index contributed by atoms with van der Waals surface area (Å²) in [5, 5.41) is 10.4. The first-order valence-corrected chi connectivity index (χ1v) is 8.37. The van der Waals surface area contributed by atoms with Gasteiger partial charge in [0.25, 0.3) is 0 Å². The molecule has 0 spiro atoms. The second-order valence-corrected chi connectivity index (χ2v) is 7.46. The van der Waals surface area contributed by atoms with E-state index in [9.17, 15) is 9.90 Å². The Morgan fingerprint density at radius 3 is 2.38 bits per heavy atom. The summed E-state index contributed by atoms with van der Waals surface area (Å²) in [4.78, 5) is 11.6. The van der Waals surface area contributed by atoms with Crippen molar-refractivity contribution in [3.8, 4) is 5.75 Å². The summed E-state index contributed by atoms with van der Waals surface area (Å²) in [6.07, 6.45) is -0.809. The number of benzene rings is 2. The molecule has 2 aromatic rings. The van der Waals surface area contributed by atoms with Crippen molar-refractivity contribution < 1.29 is 14.6 Å². The standard InChI is InChI=1S/C19H20Cl2O3/c1-19(2,3)13-6-4-5-7-16(13)24-17(18(22)23)11-12-8-9-14(20)15(21)10-12/h4-10,17H,11H2,1-3H3,(H,22,23)/t17-/m1/s1. The molecule has 0 saturated carbocycles. The molecule has 24 heavy (non-hydrogen) atoms. The van der Waals surface area contributed by atoms with Crippen LogP contribution in [0.1, 0.15) is 31.9 Å². The predicted molar refractivity (Wildman–Crippen MR) is 97.4 cm³/mol. The third-order valence-corrected chi connectivity index (χ3v) is 4.38. The quantitative estimate of drug-likeness (QED) is 0.773. The third-order valence-electron chi connectivity index (χ3n) is 3.64. The van der Waals surface area contributed by atoms with Gasteiger partial charge >= 0.3 is 5.97 Å². The molecular weight excluding hydrogens is 347 g/mol. The Kier molecular flexibility index (Phi) is 5.79. The maximum atomic E-state index is 11.6. The van der Waals surface area contributed by atoms with Gasteiger partial charge in [-0.05, 0) is 34.7 Å². The number of rotatable bonds is 5. The van der Waals surface area contributed by atoms with Gasteiger partial charge in [0, 0.05) is 6.42 Å². The number of carboxylic acid groups (broad SMARTS) is 1. The van der Waals surface area contributed by atoms with Crippen LogP contribution in [0.4, 0.5) is 0 Å². The molecule has 0 aromatic heterocycles. The zero-order chi connectivity index (χ0) is 17.9. The van der Waals surface area contributed by atoms with E-state index in [4.69, 9.17) is 27.9 Å². The van der Waals surface area contributed by atoms with Crippen molar-refractivity contribution in [1.82, 2.24) is 0 Å². The Morgan fingerprint density at radius 1 is 1.12 bits per heavy atom. The Balaban J connectivity index is 2.27. The molecule has 0 radical (unpaired) electrons. The molecule has 2 rings (SSSR count). The zero-order valence-electron chi connectivity index (χ0n) is 13.8. The first-order chi connectivity index (χ1) is 11.2. The molecule has 0 aliphatic carbocycles. The van der Waals surface area contributed by atoms with Gasteiger partial charge in [-0.3, -0.25) is 0 Å². The molecule has 0 aliphatic heterocycles. The van der Waals surface area contributed by atoms with Crippen LogP contribution in [0.3, 0.4) is 0 Å². The summed E-state index contributed by atoms with van der Waals surface area (Å²) in [6.45, 7) is 6.18. The van der Waals surface area contributed by atoms with E-state index in [2.05, 4.69) is 20.8 Å². The number of halogens is 2. The summed E-state index contributed by atoms with van der Waals surface area (Å²) >= 11 is 11.9. The fourth-order valence-corrected chi connectivity index (χ4v) is 2.72. The summed E-state index contributed by atoms with van der Waals surface area (Å²) < 4.78 is 5.83. The van der Waals surface area contributed by atoms with Crippen molar-refractivity contribution in [1.29, 1.82) is 0 Å². The van der Waals surface area contributed by atoms with E-state index in [0.717, 1.165) is 11.1 Å². The van der Waals surface area contributed by atoms with Crippen LogP contribution in [0.25, 0.3) is 0 Å². The van der Waals surface area contributed by atoms with Gasteiger partial charge in [-0.25, -0.2) is 4.79 Å². The minimum Gasteiger partial charge on any atom is -0.478 e. The monoisotopic (exact) mass is 366 g/mol. The van der Waals surface area contributed by atoms with Crippen LogP contribution in [-0.4, -0.2) is 17.2 Å². The normalized spacial score (nSPS) is 12.7. The lowest BCUT2D eigenvalue weighted by Gasteiger charge is -2.25. The lowest BCUT2D eigenvalue weighted by molar-refractivity contribution is -0.145. The van der Waals surface area contributed by atoms with Crippen molar-refractivity contribution in [2.75, 3.05) is 0 Å². The molecule has 2 aromatic carbocycles. The summed E-state index contributed by atoms with van der Waals surface area (Å²) in [5.41, 5.74) is 1.57. The van der Waals surface area contributed by atoms with Gasteiger partial charge in [0.15, 0.2) is 6.10 Å². The van der Waals surface area contributed by atoms with Gasteiger partial charge in [-0.1, -0.05) is 68.2 Å². The molecule has 0 saturated heterocycles. The van der Waals surface area contributed by atoms with E-state index in [0.29, 0.717) is 15.8 Å². The predicted octanol–water partition coefficient (Wildman–Crippen LogP) is 5.37. The summed E-state index contributed by atoms with van der Waals surface area (Å²) in [6, 6.07) is 12.6. The molecule has 0 heterocycles. The molecule has 5 heteroatoms. The van der Waals surface area contributed by atoms with Crippen LogP contribution in [0.5, 0.6) is 5.75 Å². The van der Waals surface area contributed by atoms with E-state index in [1.54, 1.807) is 24.3 Å². The van der Waals surface area contributed by atoms with E-state index in [1.807, 2.05) is 18.2 Å². The Morgan fingerprint density at radius 2 is 1.79 bits per heavy atom. The average Bonchev–Trinajstić information content (AvgIpc) is 2.49. The number of carboxylic acids is 1. The molecule has 0 amide bonds. The molecule has 1 N–H and O–H groups in total. The number of hydrogen-bond donors (Lipinski definition) is 1. The Labute approximate surface area is 152 Å². The Hall–Kier alpha value is -1.71. The van der Waals surface area contributed by atoms with Gasteiger partial charge in [0.05, 0.1) is 10.0 Å². The number of carbonyl (C=O) groups is 1. The Bertz CT molecular complexity index is 736. The number of hydrogen-bond acceptors (Lipinski definition) is 2. The van der Waals surface area contributed by atoms with Crippen molar-refractivity contribution in [3.63, 3.8) is 0 Å². The van der Waals surface area contributed by atoms with E-state index < -0.39 is 12.1 Å². The highest BCUT2D eigenvalue weighted by Gasteiger charge is 2.25. The van der Waals surface area contributed by atoms with Gasteiger partial charge < -0.3 is 9.84 Å². The van der Waals surface area contributed by atoms with E-state index in [1.165, 1.54) is 0 Å². The third kappa shape index (κ3) is 4.65. The topological polar surface area (TPSA) is 46.5 Å². The minimum absolute atomic E-state index is 0.150. The highest BCUT2D eigenvalue weighted by molar-refractivity contribution is 6.42. The van der Waals surface area contributed by atoms with Gasteiger partial charge in [-0.15, -0.1) is 0 Å². The maximum Gasteiger partial charge on any atom is 0.345 e. The number of para-hydroxylation sites is 1. The van der Waals surface area contributed by atoms with E-state index in [-0.39, 0.29) is 11.8 Å². The van der Waals surface area contributed by atoms with Crippen LogP contribution in [-0.2, 0) is 16.6 Å². The smallest absolute Gasteiger partial charge is 0.345 e. The molecule has 0 unspecified atom stereocenters. The van der Waals surface area contributed by atoms with Gasteiger partial charge in [-0.2, -0.15) is 0 Å². The van der Waals surface area contributed by atoms with Gasteiger partial charge in [0.1, 0.15) is 5.75 Å². The molecule has 0 bridgehead atoms. The second kappa shape index (κ2) is 7.45. The highest BCUT2D eigenvalue weighted by Crippen LogP contribution is 2.32. The minimum atomic E-state index is -1.02. The zero-order valence-corrected chi connectivity index (χ0v) is 15.4. The molecule has 3 nitrogen and oxygen atoms in total. The van der Waals surface area contributed by atoms with Crippen LogP contribution >= 0.6 is 23.2 Å². The first kappa shape index (κ1) is 18.6. The van der Waals surface area contributed by atoms with Crippen molar-refractivity contribution in [2.24, 2.45) is 0 Å². The fourth-order valence-electron chi connectivity index (χ4n) is 2.40. The fraction of sp³-hybridized carbons (Fsp3) is 0.316. The summed E-state index contributed by atoms with van der Waals surface area (Å²) in [5.74, 6) is -0.442. The van der Waals surface area contributed by atoms with E-state index >= 15 is 0 Å². The largest absolute Gasteiger partial charge is 0.478 e. The second-order valence-electron chi connectivity index (χ2n) is 6.64. The van der Waals surface area contributed by atoms with Crippen LogP contribution in [0, 0.1) is 0 Å². The molecule has 1 atom stereocenters. The van der Waals surface area contributed by atoms with Crippen molar-refractivity contribution in [3.05, 3.63) is 63.6 Å². The average molecular weight is 367 g/mol. The number of ether oxygens (including phenoxy) is 1. The highest BCUT2D eigenvalue weighted by atomic mass is 35.5. The lowest BCUT2D eigenvalue weighted by Crippen LogP contribution is -2.30. The number of aliphatic carboxylic acids is 1. The molecule has 0 aliphatic rings. The van der Waals surface area contributed by atoms with Crippen LogP contribution in [0.2, 0.25) is 10.0 Å². The van der Waals surface area contributed by atoms with Crippen molar-refractivity contribution in [2.45, 2.75) is 38.7 Å².